The molecule has 1 atom stereocenters. The third kappa shape index (κ3) is 4.89. The lowest BCUT2D eigenvalue weighted by Gasteiger charge is -2.36. The molecule has 0 aliphatic carbocycles. The molecule has 23 heavy (non-hydrogen) atoms. The van der Waals surface area contributed by atoms with Gasteiger partial charge >= 0.3 is 0 Å². The average molecular weight is 319 g/mol. The van der Waals surface area contributed by atoms with E-state index in [1.165, 1.54) is 0 Å². The molecule has 1 unspecified atom stereocenters. The van der Waals surface area contributed by atoms with Crippen molar-refractivity contribution >= 4 is 11.7 Å². The molecule has 1 aliphatic rings. The maximum absolute atomic E-state index is 12.6. The number of aromatic nitrogens is 2. The van der Waals surface area contributed by atoms with Gasteiger partial charge in [-0.15, -0.1) is 0 Å². The Morgan fingerprint density at radius 3 is 2.65 bits per heavy atom. The number of carbonyl (C=O) groups excluding carboxylic acids is 1. The maximum Gasteiger partial charge on any atom is 0.223 e. The van der Waals surface area contributed by atoms with Crippen LogP contribution >= 0.6 is 0 Å². The van der Waals surface area contributed by atoms with Gasteiger partial charge in [0.05, 0.1) is 6.20 Å². The molecular weight excluding hydrogens is 290 g/mol. The molecule has 0 spiro atoms. The zero-order valence-corrected chi connectivity index (χ0v) is 14.5. The summed E-state index contributed by atoms with van der Waals surface area (Å²) >= 11 is 0. The minimum atomic E-state index is -0.312. The Kier molecular flexibility index (Phi) is 5.93. The van der Waals surface area contributed by atoms with E-state index in [-0.39, 0.29) is 17.4 Å². The summed E-state index contributed by atoms with van der Waals surface area (Å²) in [5.41, 5.74) is 5.58. The minimum absolute atomic E-state index is 0.0564. The topological polar surface area (TPSA) is 84.1 Å². The zero-order valence-electron chi connectivity index (χ0n) is 14.5. The molecular formula is C17H29N5O. The number of hydrogen-bond acceptors (Lipinski definition) is 5. The summed E-state index contributed by atoms with van der Waals surface area (Å²) < 4.78 is 0. The molecule has 1 aliphatic heterocycles. The molecule has 1 saturated heterocycles. The first-order chi connectivity index (χ1) is 10.9. The molecule has 0 saturated carbocycles. The second kappa shape index (κ2) is 7.73. The van der Waals surface area contributed by atoms with Crippen LogP contribution in [0.15, 0.2) is 18.6 Å². The Hall–Kier alpha value is -1.69. The molecule has 6 nitrogen and oxygen atoms in total. The van der Waals surface area contributed by atoms with Crippen LogP contribution in [0, 0.1) is 11.8 Å². The van der Waals surface area contributed by atoms with Gasteiger partial charge in [-0.1, -0.05) is 13.8 Å². The molecule has 0 aromatic carbocycles. The first kappa shape index (κ1) is 17.7. The van der Waals surface area contributed by atoms with Crippen LogP contribution in [0.4, 0.5) is 5.82 Å². The van der Waals surface area contributed by atoms with E-state index in [4.69, 9.17) is 5.73 Å². The Balaban J connectivity index is 1.88. The quantitative estimate of drug-likeness (QED) is 0.831. The number of piperidine rings is 1. The maximum atomic E-state index is 12.6. The molecule has 0 radical (unpaired) electrons. The van der Waals surface area contributed by atoms with Gasteiger partial charge < -0.3 is 16.0 Å². The molecule has 0 bridgehead atoms. The first-order valence-electron chi connectivity index (χ1n) is 8.46. The van der Waals surface area contributed by atoms with E-state index in [1.807, 2.05) is 6.92 Å². The summed E-state index contributed by atoms with van der Waals surface area (Å²) in [6.07, 6.45) is 7.72. The van der Waals surface area contributed by atoms with E-state index in [1.54, 1.807) is 18.6 Å². The summed E-state index contributed by atoms with van der Waals surface area (Å²) in [4.78, 5) is 23.2. The van der Waals surface area contributed by atoms with Crippen LogP contribution in [-0.4, -0.2) is 41.0 Å². The highest BCUT2D eigenvalue weighted by atomic mass is 16.2. The van der Waals surface area contributed by atoms with E-state index < -0.39 is 0 Å². The van der Waals surface area contributed by atoms with Gasteiger partial charge in [-0.25, -0.2) is 4.98 Å². The van der Waals surface area contributed by atoms with Crippen LogP contribution in [0.25, 0.3) is 0 Å². The van der Waals surface area contributed by atoms with Crippen molar-refractivity contribution in [2.24, 2.45) is 17.6 Å². The normalized spacial score (nSPS) is 18.7. The Morgan fingerprint density at radius 1 is 1.43 bits per heavy atom. The minimum Gasteiger partial charge on any atom is -0.355 e. The van der Waals surface area contributed by atoms with Crippen molar-refractivity contribution in [3.8, 4) is 0 Å². The van der Waals surface area contributed by atoms with Crippen LogP contribution in [0.1, 0.15) is 40.0 Å². The summed E-state index contributed by atoms with van der Waals surface area (Å²) in [5.74, 6) is 1.58. The lowest BCUT2D eigenvalue weighted by molar-refractivity contribution is -0.127. The predicted molar refractivity (Wildman–Crippen MR) is 92.0 cm³/mol. The highest BCUT2D eigenvalue weighted by Gasteiger charge is 2.31. The fraction of sp³-hybridized carbons (Fsp3) is 0.706. The third-order valence-electron chi connectivity index (χ3n) is 4.47. The van der Waals surface area contributed by atoms with Crippen molar-refractivity contribution in [1.82, 2.24) is 15.3 Å². The summed E-state index contributed by atoms with van der Waals surface area (Å²) in [5, 5.41) is 3.19. The highest BCUT2D eigenvalue weighted by molar-refractivity contribution is 5.79. The van der Waals surface area contributed by atoms with E-state index in [0.29, 0.717) is 12.5 Å². The van der Waals surface area contributed by atoms with Gasteiger partial charge in [-0.2, -0.15) is 0 Å². The van der Waals surface area contributed by atoms with Crippen molar-refractivity contribution in [2.75, 3.05) is 24.5 Å². The lowest BCUT2D eigenvalue weighted by Crippen LogP contribution is -2.54. The summed E-state index contributed by atoms with van der Waals surface area (Å²) in [7, 11) is 0. The van der Waals surface area contributed by atoms with Crippen molar-refractivity contribution in [3.63, 3.8) is 0 Å². The van der Waals surface area contributed by atoms with Gasteiger partial charge in [0, 0.05) is 43.5 Å². The second-order valence-electron chi connectivity index (χ2n) is 7.18. The molecule has 3 N–H and O–H groups in total. The number of rotatable bonds is 6. The van der Waals surface area contributed by atoms with Gasteiger partial charge in [0.1, 0.15) is 5.82 Å². The van der Waals surface area contributed by atoms with Crippen molar-refractivity contribution < 1.29 is 4.79 Å². The molecule has 2 rings (SSSR count). The van der Waals surface area contributed by atoms with Crippen LogP contribution < -0.4 is 16.0 Å². The van der Waals surface area contributed by atoms with E-state index >= 15 is 0 Å². The van der Waals surface area contributed by atoms with Crippen LogP contribution in [0.3, 0.4) is 0 Å². The number of carbonyl (C=O) groups is 1. The Labute approximate surface area is 138 Å². The number of nitrogens with zero attached hydrogens (tertiary/aromatic N) is 3. The van der Waals surface area contributed by atoms with Gasteiger partial charge in [0.15, 0.2) is 0 Å². The molecule has 6 heteroatoms. The van der Waals surface area contributed by atoms with Crippen LogP contribution in [-0.2, 0) is 4.79 Å². The van der Waals surface area contributed by atoms with Gasteiger partial charge in [-0.05, 0) is 32.1 Å². The van der Waals surface area contributed by atoms with Crippen molar-refractivity contribution in [3.05, 3.63) is 18.6 Å². The predicted octanol–water partition coefficient (Wildman–Crippen LogP) is 1.57. The molecule has 1 amide bonds. The van der Waals surface area contributed by atoms with E-state index in [9.17, 15) is 4.79 Å². The van der Waals surface area contributed by atoms with Crippen LogP contribution in [0.5, 0.6) is 0 Å². The molecule has 1 aromatic heterocycles. The highest BCUT2D eigenvalue weighted by Crippen LogP contribution is 2.23. The summed E-state index contributed by atoms with van der Waals surface area (Å²) in [6, 6.07) is 0. The standard InChI is InChI=1S/C17H29N5O/c1-13(2)10-17(3,12-18)21-16(23)14-4-8-22(9-5-14)15-11-19-6-7-20-15/h6-7,11,13-14H,4-5,8-10,12,18H2,1-3H3,(H,21,23). The molecule has 1 aromatic rings. The largest absolute Gasteiger partial charge is 0.355 e. The molecule has 128 valence electrons. The number of nitrogens with two attached hydrogens (primary N) is 1. The SMILES string of the molecule is CC(C)CC(C)(CN)NC(=O)C1CCN(c2cnccn2)CC1. The fourth-order valence-corrected chi connectivity index (χ4v) is 3.31. The van der Waals surface area contributed by atoms with Gasteiger partial charge in [0.2, 0.25) is 5.91 Å². The van der Waals surface area contributed by atoms with E-state index in [2.05, 4.69) is 34.0 Å². The smallest absolute Gasteiger partial charge is 0.223 e. The van der Waals surface area contributed by atoms with Crippen molar-refractivity contribution in [1.29, 1.82) is 0 Å². The monoisotopic (exact) mass is 319 g/mol. The van der Waals surface area contributed by atoms with Gasteiger partial charge in [0.25, 0.3) is 0 Å². The number of hydrogen-bond donors (Lipinski definition) is 2. The van der Waals surface area contributed by atoms with Crippen molar-refractivity contribution in [2.45, 2.75) is 45.6 Å². The van der Waals surface area contributed by atoms with Crippen LogP contribution in [0.2, 0.25) is 0 Å². The lowest BCUT2D eigenvalue weighted by atomic mass is 9.88. The van der Waals surface area contributed by atoms with E-state index in [0.717, 1.165) is 38.2 Å². The summed E-state index contributed by atoms with van der Waals surface area (Å²) in [6.45, 7) is 8.48. The third-order valence-corrected chi connectivity index (χ3v) is 4.47. The average Bonchev–Trinajstić information content (AvgIpc) is 2.55. The molecule has 1 fully saturated rings. The van der Waals surface area contributed by atoms with Gasteiger partial charge in [-0.3, -0.25) is 9.78 Å². The number of anilines is 1. The fourth-order valence-electron chi connectivity index (χ4n) is 3.31. The zero-order chi connectivity index (χ0) is 16.9. The second-order valence-corrected chi connectivity index (χ2v) is 7.18. The molecule has 2 heterocycles. The number of nitrogens with one attached hydrogen (secondary N) is 1. The Bertz CT molecular complexity index is 499. The number of amides is 1. The first-order valence-corrected chi connectivity index (χ1v) is 8.46. The Morgan fingerprint density at radius 2 is 2.13 bits per heavy atom.